The second kappa shape index (κ2) is 13.6. The Hall–Kier alpha value is -3.19. The van der Waals surface area contributed by atoms with Crippen molar-refractivity contribution >= 4 is 19.7 Å². The topological polar surface area (TPSA) is 133 Å². The van der Waals surface area contributed by atoms with Gasteiger partial charge in [-0.25, -0.2) is 9.36 Å². The zero-order chi connectivity index (χ0) is 28.5. The van der Waals surface area contributed by atoms with Gasteiger partial charge in [0.25, 0.3) is 0 Å². The summed E-state index contributed by atoms with van der Waals surface area (Å²) in [7, 11) is -4.68. The van der Waals surface area contributed by atoms with E-state index >= 15 is 0 Å². The normalized spacial score (nSPS) is 17.7. The Morgan fingerprint density at radius 1 is 1.13 bits per heavy atom. The van der Waals surface area contributed by atoms with Crippen molar-refractivity contribution in [2.24, 2.45) is 5.41 Å². The maximum absolute atomic E-state index is 12.4. The highest BCUT2D eigenvalue weighted by atomic mass is 31.2. The summed E-state index contributed by atoms with van der Waals surface area (Å²) in [6, 6.07) is 4.42. The molecule has 0 aromatic heterocycles. The summed E-state index contributed by atoms with van der Waals surface area (Å²) in [6.45, 7) is 10.5. The Bertz CT molecular complexity index is 1210. The van der Waals surface area contributed by atoms with Gasteiger partial charge >= 0.3 is 13.8 Å². The monoisotopic (exact) mass is 543 g/mol. The molecule has 4 N–H and O–H groups in total. The first kappa shape index (κ1) is 31.0. The molecule has 1 aromatic rings. The fourth-order valence-corrected chi connectivity index (χ4v) is 4.76. The summed E-state index contributed by atoms with van der Waals surface area (Å²) in [5.41, 5.74) is 5.29. The Morgan fingerprint density at radius 2 is 1.79 bits per heavy atom. The zero-order valence-electron chi connectivity index (χ0n) is 22.6. The zero-order valence-corrected chi connectivity index (χ0v) is 23.5. The van der Waals surface area contributed by atoms with Crippen molar-refractivity contribution in [1.29, 1.82) is 0 Å². The SMILES string of the molecule is CC1=C(/C=C/C(C)=C/C=C/C(C)=C\C(=O)N[C@@H](Cc2ccc(OP(=O)(O)O)cc2)C(=O)O)C(C)(C)CCC1. The second-order valence-electron chi connectivity index (χ2n) is 10.3. The van der Waals surface area contributed by atoms with Crippen molar-refractivity contribution in [3.05, 3.63) is 88.6 Å². The van der Waals surface area contributed by atoms with Crippen LogP contribution in [-0.2, 0) is 20.6 Å². The van der Waals surface area contributed by atoms with E-state index in [2.05, 4.69) is 42.8 Å². The fraction of sp³-hybridized carbons (Fsp3) is 0.379. The Balaban J connectivity index is 1.97. The van der Waals surface area contributed by atoms with Gasteiger partial charge in [0.05, 0.1) is 0 Å². The standard InChI is InChI=1S/C29H38NO7P/c1-20(11-16-25-22(3)10-7-17-29(25,4)5)8-6-9-21(2)18-27(31)30-26(28(32)33)19-23-12-14-24(15-13-23)37-38(34,35)36/h6,8-9,11-16,18,26H,7,10,17,19H2,1-5H3,(H,30,31)(H,32,33)(H2,34,35,36)/b9-6+,16-11+,20-8+,21-18-/t26-/m0/s1. The highest BCUT2D eigenvalue weighted by Crippen LogP contribution is 2.41. The molecule has 0 bridgehead atoms. The van der Waals surface area contributed by atoms with Crippen LogP contribution in [0.3, 0.4) is 0 Å². The number of carbonyl (C=O) groups is 2. The minimum atomic E-state index is -4.68. The number of rotatable bonds is 11. The van der Waals surface area contributed by atoms with Gasteiger partial charge in [0.2, 0.25) is 5.91 Å². The first-order valence-electron chi connectivity index (χ1n) is 12.5. The van der Waals surface area contributed by atoms with E-state index in [4.69, 9.17) is 9.79 Å². The van der Waals surface area contributed by atoms with E-state index in [1.165, 1.54) is 54.3 Å². The number of carboxylic acids is 1. The van der Waals surface area contributed by atoms with Gasteiger partial charge in [0, 0.05) is 12.5 Å². The predicted octanol–water partition coefficient (Wildman–Crippen LogP) is 5.80. The first-order valence-corrected chi connectivity index (χ1v) is 14.0. The van der Waals surface area contributed by atoms with Crippen molar-refractivity contribution in [3.8, 4) is 5.75 Å². The molecule has 0 aliphatic heterocycles. The molecule has 0 fully saturated rings. The molecular weight excluding hydrogens is 505 g/mol. The number of aliphatic carboxylic acids is 1. The predicted molar refractivity (Wildman–Crippen MR) is 149 cm³/mol. The molecule has 1 amide bonds. The lowest BCUT2D eigenvalue weighted by atomic mass is 9.72. The second-order valence-corrected chi connectivity index (χ2v) is 11.4. The van der Waals surface area contributed by atoms with Gasteiger partial charge < -0.3 is 14.9 Å². The number of allylic oxidation sites excluding steroid dienone is 9. The van der Waals surface area contributed by atoms with Gasteiger partial charge in [-0.3, -0.25) is 14.6 Å². The van der Waals surface area contributed by atoms with Gasteiger partial charge in [0.15, 0.2) is 0 Å². The van der Waals surface area contributed by atoms with E-state index in [1.54, 1.807) is 13.0 Å². The molecule has 0 saturated heterocycles. The maximum atomic E-state index is 12.4. The molecule has 0 saturated carbocycles. The van der Waals surface area contributed by atoms with Crippen molar-refractivity contribution < 1.29 is 33.6 Å². The number of phosphoric ester groups is 1. The van der Waals surface area contributed by atoms with Crippen LogP contribution in [0.25, 0.3) is 0 Å². The van der Waals surface area contributed by atoms with Crippen LogP contribution in [0.4, 0.5) is 0 Å². The van der Waals surface area contributed by atoms with E-state index in [0.29, 0.717) is 11.1 Å². The van der Waals surface area contributed by atoms with Crippen molar-refractivity contribution in [2.75, 3.05) is 0 Å². The fourth-order valence-electron chi connectivity index (χ4n) is 4.36. The van der Waals surface area contributed by atoms with Crippen molar-refractivity contribution in [2.45, 2.75) is 66.3 Å². The molecule has 0 spiro atoms. The van der Waals surface area contributed by atoms with Crippen LogP contribution in [0.15, 0.2) is 83.0 Å². The maximum Gasteiger partial charge on any atom is 0.524 e. The molecule has 1 atom stereocenters. The summed E-state index contributed by atoms with van der Waals surface area (Å²) in [5, 5.41) is 12.0. The van der Waals surface area contributed by atoms with Crippen LogP contribution >= 0.6 is 7.82 Å². The van der Waals surface area contributed by atoms with Crippen LogP contribution in [0.5, 0.6) is 5.75 Å². The van der Waals surface area contributed by atoms with E-state index in [1.807, 2.05) is 19.1 Å². The number of amides is 1. The van der Waals surface area contributed by atoms with Gasteiger partial charge in [0.1, 0.15) is 11.8 Å². The molecule has 1 aliphatic rings. The van der Waals surface area contributed by atoms with Gasteiger partial charge in [-0.05, 0) is 74.3 Å². The minimum absolute atomic E-state index is 0.0129. The molecule has 1 aromatic carbocycles. The molecule has 38 heavy (non-hydrogen) atoms. The molecule has 0 radical (unpaired) electrons. The smallest absolute Gasteiger partial charge is 0.480 e. The van der Waals surface area contributed by atoms with Gasteiger partial charge in [-0.15, -0.1) is 0 Å². The number of benzene rings is 1. The third kappa shape index (κ3) is 10.7. The van der Waals surface area contributed by atoms with E-state index < -0.39 is 25.7 Å². The Labute approximate surface area is 224 Å². The lowest BCUT2D eigenvalue weighted by Gasteiger charge is -2.32. The summed E-state index contributed by atoms with van der Waals surface area (Å²) in [6.07, 6.45) is 14.8. The van der Waals surface area contributed by atoms with E-state index in [-0.39, 0.29) is 17.6 Å². The molecule has 0 unspecified atom stereocenters. The molecule has 0 heterocycles. The van der Waals surface area contributed by atoms with E-state index in [9.17, 15) is 19.3 Å². The van der Waals surface area contributed by atoms with Crippen LogP contribution in [-0.4, -0.2) is 32.8 Å². The van der Waals surface area contributed by atoms with Crippen LogP contribution in [0.1, 0.15) is 59.4 Å². The summed E-state index contributed by atoms with van der Waals surface area (Å²) in [4.78, 5) is 41.8. The molecule has 2 rings (SSSR count). The van der Waals surface area contributed by atoms with E-state index in [0.717, 1.165) is 12.0 Å². The number of carbonyl (C=O) groups excluding carboxylic acids is 1. The quantitative estimate of drug-likeness (QED) is 0.157. The Morgan fingerprint density at radius 3 is 2.37 bits per heavy atom. The minimum Gasteiger partial charge on any atom is -0.480 e. The molecular formula is C29H38NO7P. The summed E-state index contributed by atoms with van der Waals surface area (Å²) in [5.74, 6) is -1.79. The first-order chi connectivity index (χ1) is 17.7. The van der Waals surface area contributed by atoms with Crippen LogP contribution < -0.4 is 9.84 Å². The molecule has 1 aliphatic carbocycles. The lowest BCUT2D eigenvalue weighted by Crippen LogP contribution is -2.41. The highest BCUT2D eigenvalue weighted by molar-refractivity contribution is 7.46. The third-order valence-corrected chi connectivity index (χ3v) is 6.78. The third-order valence-electron chi connectivity index (χ3n) is 6.33. The number of nitrogens with one attached hydrogen (secondary N) is 1. The number of hydrogen-bond acceptors (Lipinski definition) is 4. The van der Waals surface area contributed by atoms with Gasteiger partial charge in [-0.2, -0.15) is 0 Å². The number of phosphoric acid groups is 1. The van der Waals surface area contributed by atoms with Gasteiger partial charge in [-0.1, -0.05) is 67.5 Å². The number of hydrogen-bond donors (Lipinski definition) is 4. The lowest BCUT2D eigenvalue weighted by molar-refractivity contribution is -0.141. The average molecular weight is 544 g/mol. The molecule has 8 nitrogen and oxygen atoms in total. The largest absolute Gasteiger partial charge is 0.524 e. The molecule has 9 heteroatoms. The van der Waals surface area contributed by atoms with Crippen LogP contribution in [0.2, 0.25) is 0 Å². The Kier molecular flexibility index (Phi) is 11.1. The number of carboxylic acid groups (broad SMARTS) is 1. The van der Waals surface area contributed by atoms with Crippen molar-refractivity contribution in [3.63, 3.8) is 0 Å². The summed E-state index contributed by atoms with van der Waals surface area (Å²) >= 11 is 0. The average Bonchev–Trinajstić information content (AvgIpc) is 2.78. The highest BCUT2D eigenvalue weighted by Gasteiger charge is 2.26. The summed E-state index contributed by atoms with van der Waals surface area (Å²) < 4.78 is 15.4. The van der Waals surface area contributed by atoms with Crippen LogP contribution in [0, 0.1) is 5.41 Å². The van der Waals surface area contributed by atoms with Crippen molar-refractivity contribution in [1.82, 2.24) is 5.32 Å². The molecule has 206 valence electrons.